The van der Waals surface area contributed by atoms with Gasteiger partial charge in [0.05, 0.1) is 18.1 Å². The first-order valence-corrected chi connectivity index (χ1v) is 6.22. The van der Waals surface area contributed by atoms with Gasteiger partial charge in [-0.3, -0.25) is 0 Å². The third-order valence-corrected chi connectivity index (χ3v) is 3.51. The summed E-state index contributed by atoms with van der Waals surface area (Å²) in [6.45, 7) is 7.10. The van der Waals surface area contributed by atoms with Gasteiger partial charge in [-0.05, 0) is 50.3 Å². The summed E-state index contributed by atoms with van der Waals surface area (Å²) in [5.74, 6) is 0.00357. The fraction of sp³-hybridized carbons (Fsp3) is 0.533. The van der Waals surface area contributed by atoms with Crippen LogP contribution in [0.15, 0.2) is 12.1 Å². The Morgan fingerprint density at radius 1 is 1.24 bits per heavy atom. The Morgan fingerprint density at radius 3 is 2.47 bits per heavy atom. The summed E-state index contributed by atoms with van der Waals surface area (Å²) in [6, 6.07) is 6.75. The zero-order valence-electron chi connectivity index (χ0n) is 10.8. The average Bonchev–Trinajstić information content (AvgIpc) is 2.28. The Morgan fingerprint density at radius 2 is 1.88 bits per heavy atom. The Kier molecular flexibility index (Phi) is 3.49. The second-order valence-electron chi connectivity index (χ2n) is 4.98. The lowest BCUT2D eigenvalue weighted by Gasteiger charge is -2.30. The Labute approximate surface area is 103 Å². The topological polar surface area (TPSA) is 33.0 Å². The molecule has 1 fully saturated rings. The third kappa shape index (κ3) is 2.35. The van der Waals surface area contributed by atoms with Crippen molar-refractivity contribution in [1.29, 1.82) is 5.26 Å². The van der Waals surface area contributed by atoms with Crippen LogP contribution < -0.4 is 0 Å². The van der Waals surface area contributed by atoms with E-state index in [0.717, 1.165) is 19.4 Å². The van der Waals surface area contributed by atoms with Gasteiger partial charge in [-0.25, -0.2) is 0 Å². The number of rotatable bonds is 1. The Hall–Kier alpha value is -1.33. The summed E-state index contributed by atoms with van der Waals surface area (Å²) < 4.78 is 5.85. The molecule has 0 radical (unpaired) electrons. The number of hydrogen-bond donors (Lipinski definition) is 0. The standard InChI is InChI=1S/C15H19NO/c1-10-7-11(2)14(12(3)8-10)15-13(9-16)5-4-6-17-15/h7-8,13,15H,4-6H2,1-3H3. The lowest BCUT2D eigenvalue weighted by Crippen LogP contribution is -2.23. The molecule has 0 aliphatic carbocycles. The van der Waals surface area contributed by atoms with Crippen LogP contribution in [0, 0.1) is 38.0 Å². The fourth-order valence-electron chi connectivity index (χ4n) is 2.84. The second-order valence-corrected chi connectivity index (χ2v) is 4.98. The van der Waals surface area contributed by atoms with Crippen molar-refractivity contribution in [2.45, 2.75) is 39.7 Å². The molecule has 0 saturated carbocycles. The van der Waals surface area contributed by atoms with Gasteiger partial charge in [-0.1, -0.05) is 17.7 Å². The molecule has 2 heteroatoms. The van der Waals surface area contributed by atoms with Crippen molar-refractivity contribution in [2.75, 3.05) is 6.61 Å². The molecule has 17 heavy (non-hydrogen) atoms. The maximum absolute atomic E-state index is 9.23. The fourth-order valence-corrected chi connectivity index (χ4v) is 2.84. The van der Waals surface area contributed by atoms with Crippen molar-refractivity contribution in [1.82, 2.24) is 0 Å². The number of ether oxygens (including phenoxy) is 1. The second kappa shape index (κ2) is 4.89. The number of nitriles is 1. The lowest BCUT2D eigenvalue weighted by atomic mass is 9.85. The predicted molar refractivity (Wildman–Crippen MR) is 67.7 cm³/mol. The molecule has 1 aliphatic rings. The number of nitrogens with zero attached hydrogens (tertiary/aromatic N) is 1. The normalized spacial score (nSPS) is 24.4. The van der Waals surface area contributed by atoms with E-state index in [1.165, 1.54) is 22.3 Å². The molecule has 2 unspecified atom stereocenters. The Bertz CT molecular complexity index is 435. The van der Waals surface area contributed by atoms with E-state index in [0.29, 0.717) is 0 Å². The number of benzene rings is 1. The highest BCUT2D eigenvalue weighted by Gasteiger charge is 2.29. The molecule has 1 aromatic carbocycles. The van der Waals surface area contributed by atoms with E-state index in [9.17, 15) is 5.26 Å². The first kappa shape index (κ1) is 12.1. The van der Waals surface area contributed by atoms with Crippen LogP contribution in [0.3, 0.4) is 0 Å². The van der Waals surface area contributed by atoms with Crippen LogP contribution >= 0.6 is 0 Å². The summed E-state index contributed by atoms with van der Waals surface area (Å²) in [6.07, 6.45) is 1.92. The first-order valence-electron chi connectivity index (χ1n) is 6.22. The molecule has 0 bridgehead atoms. The molecule has 0 spiro atoms. The first-order chi connectivity index (χ1) is 8.13. The molecule has 2 atom stereocenters. The van der Waals surface area contributed by atoms with E-state index in [-0.39, 0.29) is 12.0 Å². The van der Waals surface area contributed by atoms with Crippen LogP contribution in [0.25, 0.3) is 0 Å². The van der Waals surface area contributed by atoms with Gasteiger partial charge >= 0.3 is 0 Å². The van der Waals surface area contributed by atoms with Crippen molar-refractivity contribution < 1.29 is 4.74 Å². The minimum absolute atomic E-state index is 0.00357. The van der Waals surface area contributed by atoms with Crippen molar-refractivity contribution in [3.8, 4) is 6.07 Å². The quantitative estimate of drug-likeness (QED) is 0.737. The zero-order chi connectivity index (χ0) is 12.4. The summed E-state index contributed by atoms with van der Waals surface area (Å²) in [5, 5.41) is 9.23. The predicted octanol–water partition coefficient (Wildman–Crippen LogP) is 3.60. The molecule has 0 amide bonds. The highest BCUT2D eigenvalue weighted by Crippen LogP contribution is 2.36. The van der Waals surface area contributed by atoms with Crippen molar-refractivity contribution in [3.63, 3.8) is 0 Å². The van der Waals surface area contributed by atoms with E-state index >= 15 is 0 Å². The van der Waals surface area contributed by atoms with Crippen LogP contribution in [0.2, 0.25) is 0 Å². The summed E-state index contributed by atoms with van der Waals surface area (Å²) >= 11 is 0. The molecule has 1 aromatic rings. The van der Waals surface area contributed by atoms with Gasteiger partial charge in [0.1, 0.15) is 0 Å². The highest BCUT2D eigenvalue weighted by molar-refractivity contribution is 5.40. The average molecular weight is 229 g/mol. The van der Waals surface area contributed by atoms with Gasteiger partial charge in [0.2, 0.25) is 0 Å². The SMILES string of the molecule is Cc1cc(C)c(C2OCCCC2C#N)c(C)c1. The van der Waals surface area contributed by atoms with Gasteiger partial charge in [0, 0.05) is 6.61 Å². The molecule has 90 valence electrons. The number of aryl methyl sites for hydroxylation is 3. The molecule has 1 aliphatic heterocycles. The van der Waals surface area contributed by atoms with Crippen LogP contribution in [0.4, 0.5) is 0 Å². The molecule has 2 nitrogen and oxygen atoms in total. The molecular weight excluding hydrogens is 210 g/mol. The molecular formula is C15H19NO. The van der Waals surface area contributed by atoms with E-state index in [2.05, 4.69) is 39.0 Å². The Balaban J connectivity index is 2.42. The van der Waals surface area contributed by atoms with Crippen LogP contribution in [0.5, 0.6) is 0 Å². The maximum atomic E-state index is 9.23. The van der Waals surface area contributed by atoms with E-state index in [1.54, 1.807) is 0 Å². The van der Waals surface area contributed by atoms with E-state index in [1.807, 2.05) is 0 Å². The van der Waals surface area contributed by atoms with Gasteiger partial charge in [-0.2, -0.15) is 5.26 Å². The molecule has 1 saturated heterocycles. The zero-order valence-corrected chi connectivity index (χ0v) is 10.8. The van der Waals surface area contributed by atoms with Gasteiger partial charge in [0.25, 0.3) is 0 Å². The lowest BCUT2D eigenvalue weighted by molar-refractivity contribution is -0.0109. The van der Waals surface area contributed by atoms with Crippen molar-refractivity contribution in [3.05, 3.63) is 34.4 Å². The van der Waals surface area contributed by atoms with Gasteiger partial charge in [0.15, 0.2) is 0 Å². The summed E-state index contributed by atoms with van der Waals surface area (Å²) in [5.41, 5.74) is 4.99. The van der Waals surface area contributed by atoms with Crippen molar-refractivity contribution in [2.24, 2.45) is 5.92 Å². The summed E-state index contributed by atoms with van der Waals surface area (Å²) in [7, 11) is 0. The monoisotopic (exact) mass is 229 g/mol. The van der Waals surface area contributed by atoms with Crippen LogP contribution in [-0.4, -0.2) is 6.61 Å². The van der Waals surface area contributed by atoms with E-state index in [4.69, 9.17) is 4.74 Å². The highest BCUT2D eigenvalue weighted by atomic mass is 16.5. The summed E-state index contributed by atoms with van der Waals surface area (Å²) in [4.78, 5) is 0. The van der Waals surface area contributed by atoms with Gasteiger partial charge < -0.3 is 4.74 Å². The van der Waals surface area contributed by atoms with Gasteiger partial charge in [-0.15, -0.1) is 0 Å². The minimum atomic E-state index is -0.0330. The largest absolute Gasteiger partial charge is 0.372 e. The molecule has 0 N–H and O–H groups in total. The molecule has 1 heterocycles. The molecule has 2 rings (SSSR count). The molecule has 0 aromatic heterocycles. The third-order valence-electron chi connectivity index (χ3n) is 3.51. The minimum Gasteiger partial charge on any atom is -0.372 e. The maximum Gasteiger partial charge on any atom is 0.0988 e. The van der Waals surface area contributed by atoms with Crippen molar-refractivity contribution >= 4 is 0 Å². The number of hydrogen-bond acceptors (Lipinski definition) is 2. The smallest absolute Gasteiger partial charge is 0.0988 e. The van der Waals surface area contributed by atoms with E-state index < -0.39 is 0 Å². The van der Waals surface area contributed by atoms with Crippen LogP contribution in [0.1, 0.15) is 41.2 Å². The van der Waals surface area contributed by atoms with Crippen LogP contribution in [-0.2, 0) is 4.74 Å².